The molecule has 3 nitrogen and oxygen atoms in total. The van der Waals surface area contributed by atoms with Crippen LogP contribution in [0.4, 0.5) is 0 Å². The Morgan fingerprint density at radius 2 is 2.17 bits per heavy atom. The smallest absolute Gasteiger partial charge is 0.0627 e. The molecule has 0 aromatic carbocycles. The average Bonchev–Trinajstić information content (AvgIpc) is 2.83. The zero-order valence-corrected chi connectivity index (χ0v) is 12.0. The molecule has 3 atom stereocenters. The Morgan fingerprint density at radius 1 is 1.39 bits per heavy atom. The lowest BCUT2D eigenvalue weighted by Gasteiger charge is -2.36. The van der Waals surface area contributed by atoms with Crippen LogP contribution in [-0.4, -0.2) is 22.9 Å². The molecule has 2 rings (SSSR count). The molecule has 1 saturated carbocycles. The highest BCUT2D eigenvalue weighted by atomic mass is 15.3. The molecule has 3 heteroatoms. The maximum Gasteiger partial charge on any atom is 0.0627 e. The van der Waals surface area contributed by atoms with Gasteiger partial charge in [0.1, 0.15) is 0 Å². The predicted molar refractivity (Wildman–Crippen MR) is 75.7 cm³/mol. The summed E-state index contributed by atoms with van der Waals surface area (Å²) in [7, 11) is 0. The van der Waals surface area contributed by atoms with E-state index < -0.39 is 0 Å². The van der Waals surface area contributed by atoms with E-state index in [0.717, 1.165) is 24.8 Å². The maximum atomic E-state index is 4.71. The quantitative estimate of drug-likeness (QED) is 0.805. The predicted octanol–water partition coefficient (Wildman–Crippen LogP) is 3.03. The van der Waals surface area contributed by atoms with Gasteiger partial charge >= 0.3 is 0 Å². The van der Waals surface area contributed by atoms with Gasteiger partial charge in [0.25, 0.3) is 0 Å². The van der Waals surface area contributed by atoms with Gasteiger partial charge in [0, 0.05) is 12.2 Å². The van der Waals surface area contributed by atoms with Crippen molar-refractivity contribution in [3.63, 3.8) is 0 Å². The fraction of sp³-hybridized carbons (Fsp3) is 0.800. The second-order valence-electron chi connectivity index (χ2n) is 5.65. The second-order valence-corrected chi connectivity index (χ2v) is 5.65. The zero-order chi connectivity index (χ0) is 13.0. The fourth-order valence-electron chi connectivity index (χ4n) is 2.69. The summed E-state index contributed by atoms with van der Waals surface area (Å²) in [6, 6.07) is 2.73. The molecule has 1 aromatic heterocycles. The summed E-state index contributed by atoms with van der Waals surface area (Å²) in [4.78, 5) is 0. The van der Waals surface area contributed by atoms with E-state index in [1.54, 1.807) is 0 Å². The molecule has 0 saturated heterocycles. The first-order valence-electron chi connectivity index (χ1n) is 7.49. The fourth-order valence-corrected chi connectivity index (χ4v) is 2.69. The number of rotatable bonds is 7. The minimum Gasteiger partial charge on any atom is -0.317 e. The van der Waals surface area contributed by atoms with Crippen molar-refractivity contribution in [3.05, 3.63) is 18.0 Å². The molecule has 0 aliphatic heterocycles. The van der Waals surface area contributed by atoms with E-state index in [1.165, 1.54) is 31.5 Å². The van der Waals surface area contributed by atoms with Crippen molar-refractivity contribution in [3.8, 4) is 0 Å². The van der Waals surface area contributed by atoms with Crippen LogP contribution in [0, 0.1) is 11.8 Å². The molecule has 0 bridgehead atoms. The first kappa shape index (κ1) is 13.6. The zero-order valence-electron chi connectivity index (χ0n) is 12.0. The van der Waals surface area contributed by atoms with Crippen LogP contribution in [-0.2, 0) is 6.42 Å². The Balaban J connectivity index is 1.84. The van der Waals surface area contributed by atoms with Gasteiger partial charge in [0.2, 0.25) is 0 Å². The standard InChI is InChI=1S/C15H27N3/c1-4-12(3)18-9-8-15(17-18)10-13-6-7-14(13)11-16-5-2/h8-9,12-14,16H,4-7,10-11H2,1-3H3. The van der Waals surface area contributed by atoms with E-state index in [-0.39, 0.29) is 0 Å². The normalized spacial score (nSPS) is 24.8. The van der Waals surface area contributed by atoms with Gasteiger partial charge in [-0.05, 0) is 63.6 Å². The van der Waals surface area contributed by atoms with Crippen LogP contribution >= 0.6 is 0 Å². The van der Waals surface area contributed by atoms with Gasteiger partial charge in [-0.25, -0.2) is 0 Å². The molecule has 0 radical (unpaired) electrons. The van der Waals surface area contributed by atoms with Gasteiger partial charge in [0.05, 0.1) is 5.69 Å². The van der Waals surface area contributed by atoms with Crippen LogP contribution in [0.3, 0.4) is 0 Å². The first-order valence-corrected chi connectivity index (χ1v) is 7.49. The lowest BCUT2D eigenvalue weighted by Crippen LogP contribution is -2.36. The molecule has 0 spiro atoms. The molecular weight excluding hydrogens is 222 g/mol. The molecule has 3 unspecified atom stereocenters. The summed E-state index contributed by atoms with van der Waals surface area (Å²) in [5.74, 6) is 1.73. The Bertz CT molecular complexity index is 358. The van der Waals surface area contributed by atoms with Gasteiger partial charge in [-0.3, -0.25) is 4.68 Å². The Morgan fingerprint density at radius 3 is 2.78 bits per heavy atom. The Labute approximate surface area is 111 Å². The monoisotopic (exact) mass is 249 g/mol. The van der Waals surface area contributed by atoms with Crippen molar-refractivity contribution < 1.29 is 0 Å². The third-order valence-corrected chi connectivity index (χ3v) is 4.41. The highest BCUT2D eigenvalue weighted by Gasteiger charge is 2.30. The van der Waals surface area contributed by atoms with Crippen molar-refractivity contribution >= 4 is 0 Å². The molecule has 1 aromatic rings. The molecule has 1 aliphatic rings. The Hall–Kier alpha value is -0.830. The van der Waals surface area contributed by atoms with Crippen molar-refractivity contribution in [2.75, 3.05) is 13.1 Å². The second kappa shape index (κ2) is 6.37. The molecule has 0 amide bonds. The molecule has 102 valence electrons. The molecule has 18 heavy (non-hydrogen) atoms. The van der Waals surface area contributed by atoms with Crippen LogP contribution in [0.25, 0.3) is 0 Å². The van der Waals surface area contributed by atoms with Crippen LogP contribution in [0.2, 0.25) is 0 Å². The lowest BCUT2D eigenvalue weighted by molar-refractivity contribution is 0.170. The highest BCUT2D eigenvalue weighted by molar-refractivity contribution is 5.03. The Kier molecular flexibility index (Phi) is 4.81. The number of hydrogen-bond acceptors (Lipinski definition) is 2. The van der Waals surface area contributed by atoms with Gasteiger partial charge < -0.3 is 5.32 Å². The van der Waals surface area contributed by atoms with E-state index in [4.69, 9.17) is 5.10 Å². The van der Waals surface area contributed by atoms with Crippen molar-refractivity contribution in [1.29, 1.82) is 0 Å². The van der Waals surface area contributed by atoms with Gasteiger partial charge in [0.15, 0.2) is 0 Å². The number of nitrogens with one attached hydrogen (secondary N) is 1. The minimum atomic E-state index is 0.526. The van der Waals surface area contributed by atoms with E-state index in [9.17, 15) is 0 Å². The van der Waals surface area contributed by atoms with Crippen molar-refractivity contribution in [2.45, 2.75) is 52.5 Å². The molecule has 1 heterocycles. The van der Waals surface area contributed by atoms with Crippen LogP contribution in [0.1, 0.15) is 51.8 Å². The van der Waals surface area contributed by atoms with Crippen molar-refractivity contribution in [2.24, 2.45) is 11.8 Å². The maximum absolute atomic E-state index is 4.71. The van der Waals surface area contributed by atoms with Gasteiger partial charge in [-0.15, -0.1) is 0 Å². The molecular formula is C15H27N3. The summed E-state index contributed by atoms with van der Waals surface area (Å²) in [5, 5.41) is 8.19. The van der Waals surface area contributed by atoms with Crippen LogP contribution in [0.15, 0.2) is 12.3 Å². The first-order chi connectivity index (χ1) is 8.74. The lowest BCUT2D eigenvalue weighted by atomic mass is 9.71. The molecule has 1 fully saturated rings. The van der Waals surface area contributed by atoms with Crippen LogP contribution < -0.4 is 5.32 Å². The largest absolute Gasteiger partial charge is 0.317 e. The van der Waals surface area contributed by atoms with E-state index in [1.807, 2.05) is 0 Å². The van der Waals surface area contributed by atoms with E-state index in [0.29, 0.717) is 6.04 Å². The SMILES string of the molecule is CCNCC1CCC1Cc1ccn(C(C)CC)n1. The highest BCUT2D eigenvalue weighted by Crippen LogP contribution is 2.36. The van der Waals surface area contributed by atoms with E-state index in [2.05, 4.69) is 43.0 Å². The summed E-state index contributed by atoms with van der Waals surface area (Å²) in [6.45, 7) is 8.90. The van der Waals surface area contributed by atoms with Gasteiger partial charge in [-0.2, -0.15) is 5.10 Å². The minimum absolute atomic E-state index is 0.526. The van der Waals surface area contributed by atoms with Gasteiger partial charge in [-0.1, -0.05) is 13.8 Å². The van der Waals surface area contributed by atoms with Crippen LogP contribution in [0.5, 0.6) is 0 Å². The summed E-state index contributed by atoms with van der Waals surface area (Å²) >= 11 is 0. The number of hydrogen-bond donors (Lipinski definition) is 1. The van der Waals surface area contributed by atoms with E-state index >= 15 is 0 Å². The summed E-state index contributed by atoms with van der Waals surface area (Å²) < 4.78 is 2.12. The molecule has 1 N–H and O–H groups in total. The molecule has 1 aliphatic carbocycles. The third-order valence-electron chi connectivity index (χ3n) is 4.41. The third kappa shape index (κ3) is 3.14. The number of nitrogens with zero attached hydrogens (tertiary/aromatic N) is 2. The summed E-state index contributed by atoms with van der Waals surface area (Å²) in [5.41, 5.74) is 1.28. The van der Waals surface area contributed by atoms with Crippen molar-refractivity contribution in [1.82, 2.24) is 15.1 Å². The summed E-state index contributed by atoms with van der Waals surface area (Å²) in [6.07, 6.45) is 7.23. The average molecular weight is 249 g/mol. The number of aromatic nitrogens is 2. The topological polar surface area (TPSA) is 29.9 Å².